The van der Waals surface area contributed by atoms with Crippen molar-refractivity contribution in [2.75, 3.05) is 27.3 Å². The fraction of sp³-hybridized carbons (Fsp3) is 0.417. The van der Waals surface area contributed by atoms with Crippen molar-refractivity contribution in [2.24, 2.45) is 0 Å². The Morgan fingerprint density at radius 3 is 2.47 bits per heavy atom. The molecule has 2 aliphatic heterocycles. The Labute approximate surface area is 176 Å². The van der Waals surface area contributed by atoms with Gasteiger partial charge in [0.05, 0.1) is 26.2 Å². The van der Waals surface area contributed by atoms with Crippen molar-refractivity contribution in [3.05, 3.63) is 53.6 Å². The van der Waals surface area contributed by atoms with Gasteiger partial charge in [-0.05, 0) is 24.1 Å². The molecule has 6 heteroatoms. The highest BCUT2D eigenvalue weighted by atomic mass is 16.5. The summed E-state index contributed by atoms with van der Waals surface area (Å²) in [7, 11) is 3.10. The number of rotatable bonds is 5. The van der Waals surface area contributed by atoms with Gasteiger partial charge in [-0.25, -0.2) is 0 Å². The molecule has 0 bridgehead atoms. The summed E-state index contributed by atoms with van der Waals surface area (Å²) in [6.07, 6.45) is 2.79. The molecule has 2 aliphatic rings. The number of likely N-dealkylation sites (tertiary alicyclic amines) is 1. The second-order valence-corrected chi connectivity index (χ2v) is 7.93. The zero-order valence-electron chi connectivity index (χ0n) is 17.5. The lowest BCUT2D eigenvalue weighted by Crippen LogP contribution is -2.52. The van der Waals surface area contributed by atoms with Crippen molar-refractivity contribution in [1.82, 2.24) is 4.90 Å². The Balaban J connectivity index is 1.43. The Hall–Kier alpha value is -3.02. The summed E-state index contributed by atoms with van der Waals surface area (Å²) in [5, 5.41) is 0. The number of amides is 1. The van der Waals surface area contributed by atoms with Crippen LogP contribution in [0.2, 0.25) is 0 Å². The molecular weight excluding hydrogens is 382 g/mol. The van der Waals surface area contributed by atoms with Crippen molar-refractivity contribution >= 4 is 11.7 Å². The number of carbonyl (C=O) groups is 2. The molecule has 2 aromatic rings. The van der Waals surface area contributed by atoms with E-state index in [0.717, 1.165) is 12.0 Å². The molecule has 1 spiro atoms. The van der Waals surface area contributed by atoms with E-state index in [2.05, 4.69) is 0 Å². The van der Waals surface area contributed by atoms with Crippen LogP contribution in [-0.2, 0) is 11.2 Å². The van der Waals surface area contributed by atoms with E-state index >= 15 is 0 Å². The Morgan fingerprint density at radius 2 is 1.80 bits per heavy atom. The summed E-state index contributed by atoms with van der Waals surface area (Å²) >= 11 is 0. The number of Topliss-reactive ketones (excluding diaryl/α,β-unsaturated/α-hetero) is 1. The first-order valence-electron chi connectivity index (χ1n) is 10.3. The van der Waals surface area contributed by atoms with E-state index in [1.54, 1.807) is 26.4 Å². The van der Waals surface area contributed by atoms with Crippen LogP contribution >= 0.6 is 0 Å². The third-order valence-corrected chi connectivity index (χ3v) is 6.10. The van der Waals surface area contributed by atoms with Gasteiger partial charge in [0.25, 0.3) is 0 Å². The van der Waals surface area contributed by atoms with Gasteiger partial charge in [-0.15, -0.1) is 0 Å². The first-order chi connectivity index (χ1) is 14.5. The quantitative estimate of drug-likeness (QED) is 0.754. The van der Waals surface area contributed by atoms with Gasteiger partial charge in [0.2, 0.25) is 11.7 Å². The van der Waals surface area contributed by atoms with Crippen molar-refractivity contribution < 1.29 is 23.8 Å². The van der Waals surface area contributed by atoms with E-state index in [4.69, 9.17) is 14.2 Å². The summed E-state index contributed by atoms with van der Waals surface area (Å²) in [6.45, 7) is 1.17. The Kier molecular flexibility index (Phi) is 5.66. The topological polar surface area (TPSA) is 65.1 Å². The van der Waals surface area contributed by atoms with Crippen LogP contribution in [0, 0.1) is 0 Å². The molecule has 1 saturated heterocycles. The minimum absolute atomic E-state index is 0.0426. The van der Waals surface area contributed by atoms with E-state index in [1.807, 2.05) is 35.2 Å². The second kappa shape index (κ2) is 8.38. The van der Waals surface area contributed by atoms with Crippen LogP contribution in [0.4, 0.5) is 0 Å². The Bertz CT molecular complexity index is 932. The maximum Gasteiger partial charge on any atom is 0.222 e. The summed E-state index contributed by atoms with van der Waals surface area (Å²) in [5.74, 6) is 1.63. The SMILES string of the molecule is COc1ccc2c(c1OC)OC1(CCN(C(=O)CCc3ccccc3)CC1)CC2=O. The number of ketones is 1. The van der Waals surface area contributed by atoms with Gasteiger partial charge in [0, 0.05) is 32.4 Å². The molecule has 1 fully saturated rings. The average molecular weight is 409 g/mol. The van der Waals surface area contributed by atoms with Gasteiger partial charge in [-0.1, -0.05) is 30.3 Å². The Morgan fingerprint density at radius 1 is 1.07 bits per heavy atom. The molecule has 6 nitrogen and oxygen atoms in total. The number of nitrogens with zero attached hydrogens (tertiary/aromatic N) is 1. The highest BCUT2D eigenvalue weighted by Gasteiger charge is 2.45. The lowest BCUT2D eigenvalue weighted by Gasteiger charge is -2.44. The number of hydrogen-bond acceptors (Lipinski definition) is 5. The molecule has 158 valence electrons. The fourth-order valence-corrected chi connectivity index (χ4v) is 4.36. The standard InChI is InChI=1S/C24H27NO5/c1-28-20-10-9-18-19(26)16-24(30-22(18)23(20)29-2)12-14-25(15-13-24)21(27)11-8-17-6-4-3-5-7-17/h3-7,9-10H,8,11-16H2,1-2H3. The zero-order valence-corrected chi connectivity index (χ0v) is 17.5. The highest BCUT2D eigenvalue weighted by Crippen LogP contribution is 2.47. The smallest absolute Gasteiger partial charge is 0.222 e. The number of aryl methyl sites for hydroxylation is 1. The second-order valence-electron chi connectivity index (χ2n) is 7.93. The molecule has 0 saturated carbocycles. The van der Waals surface area contributed by atoms with Crippen molar-refractivity contribution in [1.29, 1.82) is 0 Å². The van der Waals surface area contributed by atoms with Crippen LogP contribution in [-0.4, -0.2) is 49.5 Å². The van der Waals surface area contributed by atoms with E-state index in [1.165, 1.54) is 0 Å². The third-order valence-electron chi connectivity index (χ3n) is 6.10. The minimum atomic E-state index is -0.597. The normalized spacial score (nSPS) is 17.3. The van der Waals surface area contributed by atoms with Gasteiger partial charge >= 0.3 is 0 Å². The average Bonchev–Trinajstić information content (AvgIpc) is 2.77. The van der Waals surface area contributed by atoms with Gasteiger partial charge in [0.15, 0.2) is 17.3 Å². The largest absolute Gasteiger partial charge is 0.493 e. The van der Waals surface area contributed by atoms with Gasteiger partial charge in [-0.3, -0.25) is 9.59 Å². The number of methoxy groups -OCH3 is 2. The van der Waals surface area contributed by atoms with Gasteiger partial charge in [0.1, 0.15) is 5.60 Å². The summed E-state index contributed by atoms with van der Waals surface area (Å²) in [5.41, 5.74) is 1.10. The predicted molar refractivity (Wildman–Crippen MR) is 112 cm³/mol. The number of carbonyl (C=O) groups excluding carboxylic acids is 2. The molecule has 30 heavy (non-hydrogen) atoms. The number of fused-ring (bicyclic) bond motifs is 1. The van der Waals surface area contributed by atoms with E-state index in [9.17, 15) is 9.59 Å². The van der Waals surface area contributed by atoms with Crippen LogP contribution in [0.1, 0.15) is 41.6 Å². The minimum Gasteiger partial charge on any atom is -0.493 e. The molecule has 0 N–H and O–H groups in total. The molecule has 1 amide bonds. The molecule has 2 heterocycles. The predicted octanol–water partition coefficient (Wildman–Crippen LogP) is 3.66. The molecule has 0 aliphatic carbocycles. The number of ether oxygens (including phenoxy) is 3. The van der Waals surface area contributed by atoms with E-state index in [0.29, 0.717) is 61.6 Å². The van der Waals surface area contributed by atoms with Crippen molar-refractivity contribution in [3.8, 4) is 17.2 Å². The van der Waals surface area contributed by atoms with Crippen LogP contribution < -0.4 is 14.2 Å². The number of hydrogen-bond donors (Lipinski definition) is 0. The van der Waals surface area contributed by atoms with Crippen LogP contribution in [0.15, 0.2) is 42.5 Å². The molecule has 0 unspecified atom stereocenters. The van der Waals surface area contributed by atoms with Crippen molar-refractivity contribution in [3.63, 3.8) is 0 Å². The molecule has 4 rings (SSSR count). The van der Waals surface area contributed by atoms with Crippen LogP contribution in [0.5, 0.6) is 17.2 Å². The lowest BCUT2D eigenvalue weighted by atomic mass is 9.82. The van der Waals surface area contributed by atoms with E-state index in [-0.39, 0.29) is 11.7 Å². The van der Waals surface area contributed by atoms with Crippen LogP contribution in [0.25, 0.3) is 0 Å². The molecule has 0 atom stereocenters. The maximum atomic E-state index is 12.8. The third kappa shape index (κ3) is 3.86. The molecule has 2 aromatic carbocycles. The highest BCUT2D eigenvalue weighted by molar-refractivity contribution is 6.01. The molecule has 0 radical (unpaired) electrons. The van der Waals surface area contributed by atoms with Gasteiger partial charge in [-0.2, -0.15) is 0 Å². The molecular formula is C24H27NO5. The maximum absolute atomic E-state index is 12.8. The zero-order chi connectivity index (χ0) is 21.1. The first-order valence-corrected chi connectivity index (χ1v) is 10.3. The fourth-order valence-electron chi connectivity index (χ4n) is 4.36. The lowest BCUT2D eigenvalue weighted by molar-refractivity contribution is -0.134. The monoisotopic (exact) mass is 409 g/mol. The first kappa shape index (κ1) is 20.3. The number of piperidine rings is 1. The summed E-state index contributed by atoms with van der Waals surface area (Å²) in [4.78, 5) is 27.4. The summed E-state index contributed by atoms with van der Waals surface area (Å²) in [6, 6.07) is 13.5. The number of benzene rings is 2. The van der Waals surface area contributed by atoms with Gasteiger partial charge < -0.3 is 19.1 Å². The van der Waals surface area contributed by atoms with E-state index < -0.39 is 5.60 Å². The molecule has 0 aromatic heterocycles. The van der Waals surface area contributed by atoms with Crippen molar-refractivity contribution in [2.45, 2.75) is 37.7 Å². The van der Waals surface area contributed by atoms with Crippen LogP contribution in [0.3, 0.4) is 0 Å². The summed E-state index contributed by atoms with van der Waals surface area (Å²) < 4.78 is 17.2.